The highest BCUT2D eigenvalue weighted by Gasteiger charge is 2.18. The predicted octanol–water partition coefficient (Wildman–Crippen LogP) is 4.85. The zero-order valence-electron chi connectivity index (χ0n) is 14.5. The molecule has 2 aromatic carbocycles. The minimum Gasteiger partial charge on any atom is -0.330 e. The first-order valence-electron chi connectivity index (χ1n) is 8.50. The van der Waals surface area contributed by atoms with Gasteiger partial charge in [-0.25, -0.2) is 4.98 Å². The van der Waals surface area contributed by atoms with Crippen LogP contribution in [0.3, 0.4) is 0 Å². The van der Waals surface area contributed by atoms with E-state index in [0.717, 1.165) is 22.6 Å². The van der Waals surface area contributed by atoms with E-state index in [1.807, 2.05) is 0 Å². The summed E-state index contributed by atoms with van der Waals surface area (Å²) in [6.45, 7) is 4.82. The zero-order valence-corrected chi connectivity index (χ0v) is 15.3. The summed E-state index contributed by atoms with van der Waals surface area (Å²) in [7, 11) is 0. The number of benzene rings is 2. The van der Waals surface area contributed by atoms with E-state index in [4.69, 9.17) is 10.7 Å². The molecule has 0 aliphatic rings. The van der Waals surface area contributed by atoms with Crippen LogP contribution in [-0.2, 0) is 6.42 Å². The lowest BCUT2D eigenvalue weighted by atomic mass is 10.1. The van der Waals surface area contributed by atoms with Gasteiger partial charge in [0.2, 0.25) is 0 Å². The number of aryl methyl sites for hydroxylation is 2. The Kier molecular flexibility index (Phi) is 4.15. The van der Waals surface area contributed by atoms with Crippen molar-refractivity contribution in [2.24, 2.45) is 5.73 Å². The van der Waals surface area contributed by atoms with E-state index < -0.39 is 0 Å². The minimum atomic E-state index is 0.607. The second-order valence-electron chi connectivity index (χ2n) is 6.42. The fraction of sp³-hybridized carbons (Fsp3) is 0.190. The molecule has 4 aromatic rings. The smallest absolute Gasteiger partial charge is 0.194 e. The number of imidazole rings is 1. The molecule has 0 bridgehead atoms. The Morgan fingerprint density at radius 1 is 0.920 bits per heavy atom. The summed E-state index contributed by atoms with van der Waals surface area (Å²) in [4.78, 5) is 5.94. The third-order valence-corrected chi connectivity index (χ3v) is 5.34. The fourth-order valence-electron chi connectivity index (χ4n) is 3.15. The molecule has 2 aromatic heterocycles. The van der Waals surface area contributed by atoms with Crippen molar-refractivity contribution in [3.05, 3.63) is 70.7 Å². The average molecular weight is 347 g/mol. The van der Waals surface area contributed by atoms with E-state index in [2.05, 4.69) is 72.2 Å². The van der Waals surface area contributed by atoms with Gasteiger partial charge in [-0.2, -0.15) is 0 Å². The molecule has 0 unspecified atom stereocenters. The molecular formula is C21H21N3S. The Morgan fingerprint density at radius 3 is 2.12 bits per heavy atom. The van der Waals surface area contributed by atoms with E-state index >= 15 is 0 Å². The summed E-state index contributed by atoms with van der Waals surface area (Å²) >= 11 is 1.68. The molecule has 0 spiro atoms. The molecule has 0 aliphatic carbocycles. The van der Waals surface area contributed by atoms with Crippen molar-refractivity contribution in [3.8, 4) is 22.5 Å². The van der Waals surface area contributed by atoms with Crippen LogP contribution in [0.5, 0.6) is 0 Å². The molecule has 2 heterocycles. The van der Waals surface area contributed by atoms with Crippen LogP contribution in [0.1, 0.15) is 16.8 Å². The monoisotopic (exact) mass is 347 g/mol. The molecule has 0 amide bonds. The lowest BCUT2D eigenvalue weighted by Gasteiger charge is -2.07. The summed E-state index contributed by atoms with van der Waals surface area (Å²) in [5, 5.41) is 2.19. The first-order chi connectivity index (χ1) is 12.2. The van der Waals surface area contributed by atoms with E-state index in [-0.39, 0.29) is 0 Å². The number of aromatic nitrogens is 2. The van der Waals surface area contributed by atoms with Crippen molar-refractivity contribution < 1.29 is 0 Å². The number of rotatable bonds is 4. The Labute approximate surface area is 151 Å². The number of nitrogens with zero attached hydrogens (tertiary/aromatic N) is 2. The maximum Gasteiger partial charge on any atom is 0.194 e. The number of nitrogens with two attached hydrogens (primary N) is 1. The molecule has 25 heavy (non-hydrogen) atoms. The van der Waals surface area contributed by atoms with Crippen molar-refractivity contribution in [1.29, 1.82) is 0 Å². The lowest BCUT2D eigenvalue weighted by Crippen LogP contribution is -2.06. The Hall–Kier alpha value is -2.43. The molecule has 126 valence electrons. The van der Waals surface area contributed by atoms with Crippen molar-refractivity contribution in [3.63, 3.8) is 0 Å². The average Bonchev–Trinajstić information content (AvgIpc) is 3.17. The van der Waals surface area contributed by atoms with Crippen molar-refractivity contribution >= 4 is 16.3 Å². The molecule has 0 saturated carbocycles. The Balaban J connectivity index is 1.92. The Bertz CT molecular complexity index is 1010. The van der Waals surface area contributed by atoms with Gasteiger partial charge in [-0.1, -0.05) is 59.7 Å². The van der Waals surface area contributed by atoms with Gasteiger partial charge in [-0.05, 0) is 26.0 Å². The number of hydrogen-bond acceptors (Lipinski definition) is 3. The highest BCUT2D eigenvalue weighted by Crippen LogP contribution is 2.33. The van der Waals surface area contributed by atoms with Crippen LogP contribution in [0.25, 0.3) is 27.5 Å². The summed E-state index contributed by atoms with van der Waals surface area (Å²) in [5.74, 6) is 0. The maximum absolute atomic E-state index is 5.92. The number of fused-ring (bicyclic) bond motifs is 1. The van der Waals surface area contributed by atoms with E-state index in [9.17, 15) is 0 Å². The maximum atomic E-state index is 5.92. The Morgan fingerprint density at radius 2 is 1.52 bits per heavy atom. The molecule has 3 nitrogen and oxygen atoms in total. The molecule has 0 fully saturated rings. The van der Waals surface area contributed by atoms with E-state index in [0.29, 0.717) is 6.54 Å². The van der Waals surface area contributed by atoms with Crippen LogP contribution in [-0.4, -0.2) is 15.9 Å². The molecule has 4 heteroatoms. The normalized spacial score (nSPS) is 11.3. The van der Waals surface area contributed by atoms with Crippen LogP contribution >= 0.6 is 11.3 Å². The van der Waals surface area contributed by atoms with Crippen LogP contribution in [0.4, 0.5) is 0 Å². The van der Waals surface area contributed by atoms with Crippen molar-refractivity contribution in [2.45, 2.75) is 20.3 Å². The standard InChI is InChI=1S/C21H21N3S/c1-14-3-7-16(8-4-14)19-13-25-21-23-20(18(11-12-22)24(19)21)17-9-5-15(2)6-10-17/h3-10,13H,11-12,22H2,1-2H3. The zero-order chi connectivity index (χ0) is 17.4. The van der Waals surface area contributed by atoms with Gasteiger partial charge in [0.15, 0.2) is 4.96 Å². The fourth-order valence-corrected chi connectivity index (χ4v) is 4.07. The van der Waals surface area contributed by atoms with Crippen LogP contribution < -0.4 is 5.73 Å². The van der Waals surface area contributed by atoms with Crippen LogP contribution in [0.2, 0.25) is 0 Å². The highest BCUT2D eigenvalue weighted by molar-refractivity contribution is 7.15. The molecule has 4 rings (SSSR count). The highest BCUT2D eigenvalue weighted by atomic mass is 32.1. The molecule has 2 N–H and O–H groups in total. The van der Waals surface area contributed by atoms with Gasteiger partial charge in [-0.3, -0.25) is 4.40 Å². The van der Waals surface area contributed by atoms with Crippen molar-refractivity contribution in [1.82, 2.24) is 9.38 Å². The third-order valence-electron chi connectivity index (χ3n) is 4.51. The first kappa shape index (κ1) is 16.1. The van der Waals surface area contributed by atoms with Gasteiger partial charge in [0.25, 0.3) is 0 Å². The molecule has 0 aliphatic heterocycles. The second-order valence-corrected chi connectivity index (χ2v) is 7.25. The molecule has 0 saturated heterocycles. The summed E-state index contributed by atoms with van der Waals surface area (Å²) in [6.07, 6.45) is 0.806. The van der Waals surface area contributed by atoms with Gasteiger partial charge in [0, 0.05) is 17.4 Å². The number of thiazole rings is 1. The van der Waals surface area contributed by atoms with Gasteiger partial charge in [0.05, 0.1) is 17.1 Å². The van der Waals surface area contributed by atoms with Gasteiger partial charge in [0.1, 0.15) is 0 Å². The van der Waals surface area contributed by atoms with Crippen molar-refractivity contribution in [2.75, 3.05) is 6.54 Å². The molecule has 0 radical (unpaired) electrons. The number of hydrogen-bond donors (Lipinski definition) is 1. The van der Waals surface area contributed by atoms with Gasteiger partial charge in [-0.15, -0.1) is 11.3 Å². The largest absolute Gasteiger partial charge is 0.330 e. The SMILES string of the molecule is Cc1ccc(-c2nc3scc(-c4ccc(C)cc4)n3c2CCN)cc1. The van der Waals surface area contributed by atoms with E-state index in [1.165, 1.54) is 28.1 Å². The summed E-state index contributed by atoms with van der Waals surface area (Å²) < 4.78 is 2.28. The van der Waals surface area contributed by atoms with E-state index in [1.54, 1.807) is 11.3 Å². The minimum absolute atomic E-state index is 0.607. The quantitative estimate of drug-likeness (QED) is 0.573. The molecule has 0 atom stereocenters. The third kappa shape index (κ3) is 2.88. The molecular weight excluding hydrogens is 326 g/mol. The second kappa shape index (κ2) is 6.47. The lowest BCUT2D eigenvalue weighted by molar-refractivity contribution is 0.913. The topological polar surface area (TPSA) is 43.3 Å². The summed E-state index contributed by atoms with van der Waals surface area (Å²) in [5.41, 5.74) is 14.2. The van der Waals surface area contributed by atoms with Gasteiger partial charge < -0.3 is 5.73 Å². The van der Waals surface area contributed by atoms with Crippen LogP contribution in [0.15, 0.2) is 53.9 Å². The van der Waals surface area contributed by atoms with Crippen LogP contribution in [0, 0.1) is 13.8 Å². The predicted molar refractivity (Wildman–Crippen MR) is 106 cm³/mol. The first-order valence-corrected chi connectivity index (χ1v) is 9.38. The van der Waals surface area contributed by atoms with Gasteiger partial charge >= 0.3 is 0 Å². The summed E-state index contributed by atoms with van der Waals surface area (Å²) in [6, 6.07) is 17.2.